The molecule has 7 heteroatoms. The molecular formula is C15H16FN3O2S. The van der Waals surface area contributed by atoms with Crippen LogP contribution >= 0.6 is 0 Å². The summed E-state index contributed by atoms with van der Waals surface area (Å²) in [6, 6.07) is 6.71. The van der Waals surface area contributed by atoms with E-state index in [0.717, 1.165) is 17.8 Å². The standard InChI is InChI=1S/C15H16FN3O2S/c1-11-6-8-17-15(18-11)12-7-9-19(10-12)22(20,21)14-4-2-13(16)3-5-14/h2-6,8,12H,7,9-10H2,1H3. The third-order valence-electron chi connectivity index (χ3n) is 3.78. The van der Waals surface area contributed by atoms with Gasteiger partial charge in [-0.3, -0.25) is 0 Å². The van der Waals surface area contributed by atoms with E-state index in [9.17, 15) is 12.8 Å². The van der Waals surface area contributed by atoms with Gasteiger partial charge in [-0.1, -0.05) is 0 Å². The molecule has 116 valence electrons. The molecule has 1 aliphatic heterocycles. The molecule has 1 saturated heterocycles. The summed E-state index contributed by atoms with van der Waals surface area (Å²) in [6.45, 7) is 2.65. The monoisotopic (exact) mass is 321 g/mol. The van der Waals surface area contributed by atoms with Crippen molar-refractivity contribution in [3.8, 4) is 0 Å². The van der Waals surface area contributed by atoms with Crippen molar-refractivity contribution in [1.82, 2.24) is 14.3 Å². The predicted molar refractivity (Wildman–Crippen MR) is 79.3 cm³/mol. The maximum atomic E-state index is 12.9. The molecule has 2 heterocycles. The molecule has 2 aromatic rings. The Kier molecular flexibility index (Phi) is 3.92. The molecule has 0 N–H and O–H groups in total. The van der Waals surface area contributed by atoms with E-state index in [2.05, 4.69) is 9.97 Å². The fourth-order valence-corrected chi connectivity index (χ4v) is 4.08. The zero-order chi connectivity index (χ0) is 15.7. The molecule has 0 aliphatic carbocycles. The zero-order valence-corrected chi connectivity index (χ0v) is 12.9. The summed E-state index contributed by atoms with van der Waals surface area (Å²) >= 11 is 0. The first-order valence-electron chi connectivity index (χ1n) is 7.02. The van der Waals surface area contributed by atoms with Crippen molar-refractivity contribution in [2.45, 2.75) is 24.2 Å². The van der Waals surface area contributed by atoms with Crippen LogP contribution < -0.4 is 0 Å². The fraction of sp³-hybridized carbons (Fsp3) is 0.333. The lowest BCUT2D eigenvalue weighted by atomic mass is 10.1. The largest absolute Gasteiger partial charge is 0.243 e. The van der Waals surface area contributed by atoms with Gasteiger partial charge in [0.1, 0.15) is 11.6 Å². The Labute approximate surface area is 128 Å². The van der Waals surface area contributed by atoms with E-state index in [-0.39, 0.29) is 10.8 Å². The molecule has 1 aromatic heterocycles. The highest BCUT2D eigenvalue weighted by atomic mass is 32.2. The Morgan fingerprint density at radius 1 is 1.23 bits per heavy atom. The molecule has 1 fully saturated rings. The molecule has 0 radical (unpaired) electrons. The number of sulfonamides is 1. The number of halogens is 1. The van der Waals surface area contributed by atoms with E-state index in [1.807, 2.05) is 13.0 Å². The van der Waals surface area contributed by atoms with Gasteiger partial charge >= 0.3 is 0 Å². The SMILES string of the molecule is Cc1ccnc(C2CCN(S(=O)(=O)c3ccc(F)cc3)C2)n1. The van der Waals surface area contributed by atoms with Gasteiger partial charge in [0, 0.05) is 30.9 Å². The van der Waals surface area contributed by atoms with Crippen molar-refractivity contribution < 1.29 is 12.8 Å². The molecular weight excluding hydrogens is 305 g/mol. The van der Waals surface area contributed by atoms with Crippen LogP contribution in [0.4, 0.5) is 4.39 Å². The number of benzene rings is 1. The maximum absolute atomic E-state index is 12.9. The van der Waals surface area contributed by atoms with Gasteiger partial charge < -0.3 is 0 Å². The Bertz CT molecular complexity index is 778. The van der Waals surface area contributed by atoms with Gasteiger partial charge in [0.2, 0.25) is 10.0 Å². The number of aryl methyl sites for hydroxylation is 1. The van der Waals surface area contributed by atoms with Gasteiger partial charge in [0.05, 0.1) is 4.90 Å². The Morgan fingerprint density at radius 2 is 1.95 bits per heavy atom. The van der Waals surface area contributed by atoms with Crippen molar-refractivity contribution in [1.29, 1.82) is 0 Å². The zero-order valence-electron chi connectivity index (χ0n) is 12.1. The normalized spacial score (nSPS) is 19.5. The summed E-state index contributed by atoms with van der Waals surface area (Å²) in [4.78, 5) is 8.72. The van der Waals surface area contributed by atoms with E-state index in [0.29, 0.717) is 25.3 Å². The van der Waals surface area contributed by atoms with Gasteiger partial charge in [0.15, 0.2) is 0 Å². The lowest BCUT2D eigenvalue weighted by molar-refractivity contribution is 0.471. The summed E-state index contributed by atoms with van der Waals surface area (Å²) in [7, 11) is -3.60. The van der Waals surface area contributed by atoms with Crippen molar-refractivity contribution in [2.75, 3.05) is 13.1 Å². The van der Waals surface area contributed by atoms with Crippen LogP contribution in [0.5, 0.6) is 0 Å². The van der Waals surface area contributed by atoms with Crippen molar-refractivity contribution in [3.05, 3.63) is 53.9 Å². The first kappa shape index (κ1) is 15.1. The smallest absolute Gasteiger partial charge is 0.241 e. The Balaban J connectivity index is 1.81. The van der Waals surface area contributed by atoms with E-state index in [1.165, 1.54) is 16.4 Å². The summed E-state index contributed by atoms with van der Waals surface area (Å²) in [5, 5.41) is 0. The molecule has 22 heavy (non-hydrogen) atoms. The van der Waals surface area contributed by atoms with E-state index in [1.54, 1.807) is 6.20 Å². The Hall–Kier alpha value is -1.86. The van der Waals surface area contributed by atoms with Crippen LogP contribution in [0, 0.1) is 12.7 Å². The van der Waals surface area contributed by atoms with Crippen molar-refractivity contribution in [2.24, 2.45) is 0 Å². The van der Waals surface area contributed by atoms with Crippen LogP contribution in [-0.4, -0.2) is 35.8 Å². The maximum Gasteiger partial charge on any atom is 0.243 e. The first-order chi connectivity index (χ1) is 10.5. The van der Waals surface area contributed by atoms with Crippen molar-refractivity contribution >= 4 is 10.0 Å². The van der Waals surface area contributed by atoms with Gasteiger partial charge in [-0.2, -0.15) is 4.31 Å². The van der Waals surface area contributed by atoms with Crippen LogP contribution in [0.15, 0.2) is 41.4 Å². The summed E-state index contributed by atoms with van der Waals surface area (Å²) in [6.07, 6.45) is 2.37. The molecule has 0 amide bonds. The molecule has 0 saturated carbocycles. The van der Waals surface area contributed by atoms with Crippen molar-refractivity contribution in [3.63, 3.8) is 0 Å². The average molecular weight is 321 g/mol. The third-order valence-corrected chi connectivity index (χ3v) is 5.66. The molecule has 0 bridgehead atoms. The van der Waals surface area contributed by atoms with E-state index >= 15 is 0 Å². The topological polar surface area (TPSA) is 63.2 Å². The highest BCUT2D eigenvalue weighted by Gasteiger charge is 2.34. The van der Waals surface area contributed by atoms with Crippen LogP contribution in [0.1, 0.15) is 23.9 Å². The minimum absolute atomic E-state index is 0.00452. The molecule has 1 unspecified atom stereocenters. The van der Waals surface area contributed by atoms with Gasteiger partial charge in [-0.25, -0.2) is 22.8 Å². The summed E-state index contributed by atoms with van der Waals surface area (Å²) < 4.78 is 39.5. The summed E-state index contributed by atoms with van der Waals surface area (Å²) in [5.41, 5.74) is 0.866. The molecule has 1 aromatic carbocycles. The third kappa shape index (κ3) is 2.86. The van der Waals surface area contributed by atoms with E-state index in [4.69, 9.17) is 0 Å². The summed E-state index contributed by atoms with van der Waals surface area (Å²) in [5.74, 6) is 0.221. The molecule has 1 atom stereocenters. The highest BCUT2D eigenvalue weighted by Crippen LogP contribution is 2.29. The second kappa shape index (κ2) is 5.73. The Morgan fingerprint density at radius 3 is 2.64 bits per heavy atom. The second-order valence-corrected chi connectivity index (χ2v) is 7.30. The molecule has 1 aliphatic rings. The first-order valence-corrected chi connectivity index (χ1v) is 8.46. The van der Waals surface area contributed by atoms with E-state index < -0.39 is 15.8 Å². The number of nitrogens with zero attached hydrogens (tertiary/aromatic N) is 3. The minimum Gasteiger partial charge on any atom is -0.241 e. The quantitative estimate of drug-likeness (QED) is 0.868. The predicted octanol–water partition coefficient (Wildman–Crippen LogP) is 2.10. The van der Waals surface area contributed by atoms with Gasteiger partial charge in [-0.05, 0) is 43.7 Å². The number of hydrogen-bond donors (Lipinski definition) is 0. The van der Waals surface area contributed by atoms with Crippen LogP contribution in [0.25, 0.3) is 0 Å². The van der Waals surface area contributed by atoms with Crippen LogP contribution in [0.2, 0.25) is 0 Å². The van der Waals surface area contributed by atoms with Gasteiger partial charge in [-0.15, -0.1) is 0 Å². The molecule has 0 spiro atoms. The highest BCUT2D eigenvalue weighted by molar-refractivity contribution is 7.89. The average Bonchev–Trinajstić information content (AvgIpc) is 2.98. The number of rotatable bonds is 3. The van der Waals surface area contributed by atoms with Crippen LogP contribution in [-0.2, 0) is 10.0 Å². The number of aromatic nitrogens is 2. The lowest BCUT2D eigenvalue weighted by Gasteiger charge is -2.16. The molecule has 3 rings (SSSR count). The van der Waals surface area contributed by atoms with Crippen LogP contribution in [0.3, 0.4) is 0 Å². The minimum atomic E-state index is -3.60. The van der Waals surface area contributed by atoms with Gasteiger partial charge in [0.25, 0.3) is 0 Å². The number of hydrogen-bond acceptors (Lipinski definition) is 4. The lowest BCUT2D eigenvalue weighted by Crippen LogP contribution is -2.28. The second-order valence-electron chi connectivity index (χ2n) is 5.36. The fourth-order valence-electron chi connectivity index (χ4n) is 2.58. The molecule has 5 nitrogen and oxygen atoms in total.